The molecule has 0 unspecified atom stereocenters. The van der Waals surface area contributed by atoms with Crippen molar-refractivity contribution in [3.05, 3.63) is 35.9 Å². The van der Waals surface area contributed by atoms with Gasteiger partial charge >= 0.3 is 11.9 Å². The monoisotopic (exact) mass is 250 g/mol. The van der Waals surface area contributed by atoms with Crippen LogP contribution in [-0.2, 0) is 9.59 Å². The zero-order chi connectivity index (χ0) is 13.5. The Kier molecular flexibility index (Phi) is 5.05. The van der Waals surface area contributed by atoms with E-state index in [9.17, 15) is 14.4 Å². The van der Waals surface area contributed by atoms with Gasteiger partial charge in [-0.05, 0) is 12.8 Å². The average Bonchev–Trinajstić information content (AvgIpc) is 2.34. The van der Waals surface area contributed by atoms with Gasteiger partial charge in [-0.15, -0.1) is 0 Å². The van der Waals surface area contributed by atoms with Gasteiger partial charge in [0.25, 0.3) is 0 Å². The molecule has 0 bridgehead atoms. The number of carbonyl (C=O) groups is 3. The Labute approximate surface area is 104 Å². The molecular weight excluding hydrogens is 236 g/mol. The zero-order valence-corrected chi connectivity index (χ0v) is 9.70. The highest BCUT2D eigenvalue weighted by Gasteiger charge is 2.25. The predicted octanol–water partition coefficient (Wildman–Crippen LogP) is 1.82. The Balaban J connectivity index is 2.44. The number of ketones is 1. The number of Topliss-reactive ketones (excluding diaryl/α,β-unsaturated/α-hetero) is 1. The van der Waals surface area contributed by atoms with E-state index in [4.69, 9.17) is 10.2 Å². The van der Waals surface area contributed by atoms with Crippen LogP contribution in [0.4, 0.5) is 0 Å². The number of hydrogen-bond acceptors (Lipinski definition) is 3. The average molecular weight is 250 g/mol. The Morgan fingerprint density at radius 1 is 1.00 bits per heavy atom. The maximum Gasteiger partial charge on any atom is 0.317 e. The minimum absolute atomic E-state index is 0.0385. The molecule has 96 valence electrons. The first-order valence-corrected chi connectivity index (χ1v) is 5.56. The fourth-order valence-corrected chi connectivity index (χ4v) is 1.59. The topological polar surface area (TPSA) is 91.7 Å². The quantitative estimate of drug-likeness (QED) is 0.569. The summed E-state index contributed by atoms with van der Waals surface area (Å²) in [6.45, 7) is 0. The lowest BCUT2D eigenvalue weighted by Gasteiger charge is -2.06. The zero-order valence-electron chi connectivity index (χ0n) is 9.70. The van der Waals surface area contributed by atoms with Crippen molar-refractivity contribution in [2.45, 2.75) is 19.3 Å². The summed E-state index contributed by atoms with van der Waals surface area (Å²) in [6, 6.07) is 8.62. The number of aliphatic carboxylic acids is 2. The number of hydrogen-bond donors (Lipinski definition) is 2. The molecule has 0 amide bonds. The molecule has 0 saturated carbocycles. The van der Waals surface area contributed by atoms with Crippen LogP contribution in [-0.4, -0.2) is 27.9 Å². The highest BCUT2D eigenvalue weighted by atomic mass is 16.4. The number of benzene rings is 1. The van der Waals surface area contributed by atoms with Crippen LogP contribution in [0, 0.1) is 5.92 Å². The van der Waals surface area contributed by atoms with Gasteiger partial charge in [0.1, 0.15) is 0 Å². The van der Waals surface area contributed by atoms with Gasteiger partial charge in [-0.2, -0.15) is 0 Å². The summed E-state index contributed by atoms with van der Waals surface area (Å²) in [5.74, 6) is -4.27. The first kappa shape index (κ1) is 13.9. The van der Waals surface area contributed by atoms with Crippen LogP contribution in [0.1, 0.15) is 29.6 Å². The number of carbonyl (C=O) groups excluding carboxylic acids is 1. The molecule has 0 radical (unpaired) electrons. The van der Waals surface area contributed by atoms with Crippen molar-refractivity contribution in [2.24, 2.45) is 5.92 Å². The third kappa shape index (κ3) is 4.01. The molecule has 0 aliphatic heterocycles. The first-order valence-electron chi connectivity index (χ1n) is 5.56. The van der Waals surface area contributed by atoms with Crippen LogP contribution >= 0.6 is 0 Å². The maximum atomic E-state index is 11.7. The number of rotatable bonds is 7. The molecule has 0 saturated heterocycles. The molecule has 0 aliphatic carbocycles. The third-order valence-corrected chi connectivity index (χ3v) is 2.59. The summed E-state index contributed by atoms with van der Waals surface area (Å²) in [6.07, 6.45) is 0.362. The Bertz CT molecular complexity index is 424. The van der Waals surface area contributed by atoms with Gasteiger partial charge in [0.2, 0.25) is 0 Å². The normalized spacial score (nSPS) is 10.3. The Morgan fingerprint density at radius 2 is 1.56 bits per heavy atom. The van der Waals surface area contributed by atoms with E-state index in [0.29, 0.717) is 5.56 Å². The molecule has 2 N–H and O–H groups in total. The molecule has 0 heterocycles. The van der Waals surface area contributed by atoms with Crippen LogP contribution < -0.4 is 0 Å². The summed E-state index contributed by atoms with van der Waals surface area (Å²) in [4.78, 5) is 32.9. The molecular formula is C13H14O5. The Morgan fingerprint density at radius 3 is 2.06 bits per heavy atom. The molecule has 1 aromatic rings. The van der Waals surface area contributed by atoms with E-state index in [1.807, 2.05) is 0 Å². The minimum Gasteiger partial charge on any atom is -0.481 e. The molecule has 0 aromatic heterocycles. The van der Waals surface area contributed by atoms with Gasteiger partial charge in [-0.3, -0.25) is 14.4 Å². The van der Waals surface area contributed by atoms with Crippen LogP contribution in [0.3, 0.4) is 0 Å². The van der Waals surface area contributed by atoms with Crippen molar-refractivity contribution >= 4 is 17.7 Å². The van der Waals surface area contributed by atoms with E-state index in [1.165, 1.54) is 0 Å². The Hall–Kier alpha value is -2.17. The largest absolute Gasteiger partial charge is 0.481 e. The van der Waals surface area contributed by atoms with Crippen molar-refractivity contribution in [1.82, 2.24) is 0 Å². The van der Waals surface area contributed by atoms with Crippen LogP contribution in [0.2, 0.25) is 0 Å². The second-order valence-electron chi connectivity index (χ2n) is 3.91. The molecule has 18 heavy (non-hydrogen) atoms. The van der Waals surface area contributed by atoms with Crippen LogP contribution in [0.5, 0.6) is 0 Å². The summed E-state index contributed by atoms with van der Waals surface area (Å²) < 4.78 is 0. The van der Waals surface area contributed by atoms with E-state index in [2.05, 4.69) is 0 Å². The minimum atomic E-state index is -1.44. The van der Waals surface area contributed by atoms with Crippen LogP contribution in [0.15, 0.2) is 30.3 Å². The molecule has 0 fully saturated rings. The molecule has 1 rings (SSSR count). The standard InChI is InChI=1S/C13H14O5/c14-11(9-5-2-1-3-6-9)8-4-7-10(12(15)16)13(17)18/h1-3,5-6,10H,4,7-8H2,(H,15,16)(H,17,18). The lowest BCUT2D eigenvalue weighted by atomic mass is 9.99. The maximum absolute atomic E-state index is 11.7. The molecule has 5 nitrogen and oxygen atoms in total. The molecule has 1 aromatic carbocycles. The second kappa shape index (κ2) is 6.54. The summed E-state index contributed by atoms with van der Waals surface area (Å²) in [7, 11) is 0. The summed E-state index contributed by atoms with van der Waals surface area (Å²) in [5.41, 5.74) is 0.555. The summed E-state index contributed by atoms with van der Waals surface area (Å²) in [5, 5.41) is 17.3. The fourth-order valence-electron chi connectivity index (χ4n) is 1.59. The van der Waals surface area contributed by atoms with E-state index in [1.54, 1.807) is 30.3 Å². The number of carboxylic acids is 2. The van der Waals surface area contributed by atoms with Gasteiger partial charge in [-0.25, -0.2) is 0 Å². The van der Waals surface area contributed by atoms with E-state index < -0.39 is 17.9 Å². The lowest BCUT2D eigenvalue weighted by Crippen LogP contribution is -2.23. The van der Waals surface area contributed by atoms with E-state index in [-0.39, 0.29) is 25.0 Å². The molecule has 0 aliphatic rings. The SMILES string of the molecule is O=C(CCCC(C(=O)O)C(=O)O)c1ccccc1. The van der Waals surface area contributed by atoms with Crippen molar-refractivity contribution in [1.29, 1.82) is 0 Å². The van der Waals surface area contributed by atoms with Gasteiger partial charge in [-0.1, -0.05) is 30.3 Å². The summed E-state index contributed by atoms with van der Waals surface area (Å²) >= 11 is 0. The third-order valence-electron chi connectivity index (χ3n) is 2.59. The first-order chi connectivity index (χ1) is 8.52. The van der Waals surface area contributed by atoms with E-state index >= 15 is 0 Å². The highest BCUT2D eigenvalue weighted by Crippen LogP contribution is 2.12. The van der Waals surface area contributed by atoms with Gasteiger partial charge < -0.3 is 10.2 Å². The second-order valence-corrected chi connectivity index (χ2v) is 3.91. The van der Waals surface area contributed by atoms with E-state index in [0.717, 1.165) is 0 Å². The number of carboxylic acid groups (broad SMARTS) is 2. The molecule has 5 heteroatoms. The smallest absolute Gasteiger partial charge is 0.317 e. The van der Waals surface area contributed by atoms with Gasteiger partial charge in [0.05, 0.1) is 0 Å². The molecule has 0 spiro atoms. The predicted molar refractivity (Wildman–Crippen MR) is 63.4 cm³/mol. The van der Waals surface area contributed by atoms with Crippen molar-refractivity contribution in [3.63, 3.8) is 0 Å². The van der Waals surface area contributed by atoms with Crippen molar-refractivity contribution in [2.75, 3.05) is 0 Å². The van der Waals surface area contributed by atoms with Gasteiger partial charge in [0, 0.05) is 12.0 Å². The van der Waals surface area contributed by atoms with Gasteiger partial charge in [0.15, 0.2) is 11.7 Å². The van der Waals surface area contributed by atoms with Crippen molar-refractivity contribution in [3.8, 4) is 0 Å². The van der Waals surface area contributed by atoms with Crippen LogP contribution in [0.25, 0.3) is 0 Å². The fraction of sp³-hybridized carbons (Fsp3) is 0.308. The van der Waals surface area contributed by atoms with Crippen molar-refractivity contribution < 1.29 is 24.6 Å². The highest BCUT2D eigenvalue weighted by molar-refractivity contribution is 5.96. The molecule has 0 atom stereocenters. The lowest BCUT2D eigenvalue weighted by molar-refractivity contribution is -0.154.